The van der Waals surface area contributed by atoms with E-state index in [1.807, 2.05) is 0 Å². The Labute approximate surface area is 50.2 Å². The lowest BCUT2D eigenvalue weighted by atomic mass is 10.2. The van der Waals surface area contributed by atoms with E-state index in [1.54, 1.807) is 0 Å². The summed E-state index contributed by atoms with van der Waals surface area (Å²) in [7, 11) is 0. The van der Waals surface area contributed by atoms with Gasteiger partial charge in [-0.05, 0) is 0 Å². The smallest absolute Gasteiger partial charge is 0.254 e. The van der Waals surface area contributed by atoms with E-state index in [9.17, 15) is 18.0 Å². The van der Waals surface area contributed by atoms with Gasteiger partial charge in [-0.1, -0.05) is 6.08 Å². The number of alkyl halides is 2. The molecule has 0 radical (unpaired) electrons. The van der Waals surface area contributed by atoms with Crippen molar-refractivity contribution in [2.45, 2.75) is 12.3 Å². The fraction of sp³-hybridized carbons (Fsp3) is 0.400. The van der Waals surface area contributed by atoms with Crippen molar-refractivity contribution in [3.63, 3.8) is 0 Å². The van der Waals surface area contributed by atoms with Gasteiger partial charge in [-0.2, -0.15) is 13.2 Å². The molecule has 0 heterocycles. The van der Waals surface area contributed by atoms with Gasteiger partial charge in [0.15, 0.2) is 0 Å². The highest BCUT2D eigenvalue weighted by molar-refractivity contribution is 5.76. The third-order valence-corrected chi connectivity index (χ3v) is 0.688. The number of carbonyl (C=O) groups excluding carboxylic acids is 1. The van der Waals surface area contributed by atoms with Crippen molar-refractivity contribution in [1.29, 1.82) is 0 Å². The number of hydrogen-bond donors (Lipinski definition) is 0. The average molecular weight is 138 g/mol. The number of rotatable bonds is 3. The summed E-state index contributed by atoms with van der Waals surface area (Å²) >= 11 is 0. The first-order valence-electron chi connectivity index (χ1n) is 2.19. The van der Waals surface area contributed by atoms with Gasteiger partial charge < -0.3 is 0 Å². The van der Waals surface area contributed by atoms with Crippen molar-refractivity contribution in [1.82, 2.24) is 0 Å². The summed E-state index contributed by atoms with van der Waals surface area (Å²) in [6.45, 7) is 2.93. The van der Waals surface area contributed by atoms with Gasteiger partial charge >= 0.3 is 12.0 Å². The van der Waals surface area contributed by atoms with Crippen LogP contribution < -0.4 is 0 Å². The predicted octanol–water partition coefficient (Wildman–Crippen LogP) is 1.69. The highest BCUT2D eigenvalue weighted by atomic mass is 19.3. The summed E-state index contributed by atoms with van der Waals surface area (Å²) < 4.78 is 34.7. The Bertz CT molecular complexity index is 130. The second-order valence-corrected chi connectivity index (χ2v) is 1.47. The van der Waals surface area contributed by atoms with Crippen LogP contribution in [-0.4, -0.2) is 12.0 Å². The average Bonchev–Trinajstić information content (AvgIpc) is 1.65. The number of carbonyl (C=O) groups is 1. The quantitative estimate of drug-likeness (QED) is 0.428. The van der Waals surface area contributed by atoms with Gasteiger partial charge in [0.05, 0.1) is 0 Å². The lowest BCUT2D eigenvalue weighted by molar-refractivity contribution is -0.154. The Morgan fingerprint density at radius 2 is 2.11 bits per heavy atom. The van der Waals surface area contributed by atoms with Crippen LogP contribution in [0.1, 0.15) is 6.42 Å². The molecule has 0 aromatic carbocycles. The standard InChI is InChI=1S/C5H5F3O/c1-2-3-5(7,8)4(6)9/h2H,1,3H2. The lowest BCUT2D eigenvalue weighted by Crippen LogP contribution is -2.23. The summed E-state index contributed by atoms with van der Waals surface area (Å²) in [5, 5.41) is 0. The zero-order valence-corrected chi connectivity index (χ0v) is 4.53. The van der Waals surface area contributed by atoms with Crippen molar-refractivity contribution in [2.75, 3.05) is 0 Å². The van der Waals surface area contributed by atoms with Crippen molar-refractivity contribution >= 4 is 6.04 Å². The van der Waals surface area contributed by atoms with Crippen LogP contribution in [0.5, 0.6) is 0 Å². The summed E-state index contributed by atoms with van der Waals surface area (Å²) in [4.78, 5) is 9.39. The largest absolute Gasteiger partial charge is 0.370 e. The maximum Gasteiger partial charge on any atom is 0.370 e. The molecule has 0 spiro atoms. The zero-order chi connectivity index (χ0) is 7.49. The molecule has 0 aliphatic heterocycles. The van der Waals surface area contributed by atoms with Gasteiger partial charge in [-0.15, -0.1) is 6.58 Å². The second kappa shape index (κ2) is 2.66. The van der Waals surface area contributed by atoms with Crippen LogP contribution in [0.15, 0.2) is 12.7 Å². The third kappa shape index (κ3) is 2.30. The van der Waals surface area contributed by atoms with E-state index in [0.29, 0.717) is 0 Å². The zero-order valence-electron chi connectivity index (χ0n) is 4.53. The first kappa shape index (κ1) is 8.20. The van der Waals surface area contributed by atoms with Crippen LogP contribution in [0.4, 0.5) is 13.2 Å². The second-order valence-electron chi connectivity index (χ2n) is 1.47. The molecule has 1 nitrogen and oxygen atoms in total. The van der Waals surface area contributed by atoms with E-state index in [-0.39, 0.29) is 0 Å². The fourth-order valence-corrected chi connectivity index (χ4v) is 0.262. The van der Waals surface area contributed by atoms with Crippen LogP contribution in [0.25, 0.3) is 0 Å². The minimum absolute atomic E-state index is 0.789. The van der Waals surface area contributed by atoms with E-state index >= 15 is 0 Å². The van der Waals surface area contributed by atoms with Crippen molar-refractivity contribution in [2.24, 2.45) is 0 Å². The third-order valence-electron chi connectivity index (χ3n) is 0.688. The Kier molecular flexibility index (Phi) is 2.42. The highest BCUT2D eigenvalue weighted by Crippen LogP contribution is 2.19. The minimum atomic E-state index is -3.87. The highest BCUT2D eigenvalue weighted by Gasteiger charge is 2.37. The van der Waals surface area contributed by atoms with Gasteiger partial charge in [0, 0.05) is 6.42 Å². The van der Waals surface area contributed by atoms with Crippen LogP contribution in [0.3, 0.4) is 0 Å². The Morgan fingerprint density at radius 3 is 2.22 bits per heavy atom. The molecule has 52 valence electrons. The molecule has 0 aromatic heterocycles. The first-order chi connectivity index (χ1) is 4.00. The molecule has 0 saturated carbocycles. The SMILES string of the molecule is C=CCC(F)(F)C(=O)F. The van der Waals surface area contributed by atoms with Crippen molar-refractivity contribution in [3.05, 3.63) is 12.7 Å². The number of allylic oxidation sites excluding steroid dienone is 1. The fourth-order valence-electron chi connectivity index (χ4n) is 0.262. The number of hydrogen-bond acceptors (Lipinski definition) is 1. The summed E-state index contributed by atoms with van der Waals surface area (Å²) in [5.41, 5.74) is 0. The van der Waals surface area contributed by atoms with E-state index in [2.05, 4.69) is 6.58 Å². The van der Waals surface area contributed by atoms with Crippen molar-refractivity contribution < 1.29 is 18.0 Å². The van der Waals surface area contributed by atoms with Crippen LogP contribution >= 0.6 is 0 Å². The molecule has 0 aliphatic rings. The molecule has 4 heteroatoms. The molecule has 9 heavy (non-hydrogen) atoms. The molecule has 0 fully saturated rings. The summed E-state index contributed by atoms with van der Waals surface area (Å²) in [5.74, 6) is -3.87. The molecular formula is C5H5F3O. The minimum Gasteiger partial charge on any atom is -0.254 e. The molecule has 0 aromatic rings. The van der Waals surface area contributed by atoms with E-state index < -0.39 is 18.4 Å². The molecule has 0 N–H and O–H groups in total. The molecule has 0 amide bonds. The Balaban J connectivity index is 4.00. The summed E-state index contributed by atoms with van der Waals surface area (Å²) in [6.07, 6.45) is -0.153. The Morgan fingerprint density at radius 1 is 1.67 bits per heavy atom. The molecule has 0 unspecified atom stereocenters. The topological polar surface area (TPSA) is 17.1 Å². The van der Waals surface area contributed by atoms with Gasteiger partial charge in [0.25, 0.3) is 0 Å². The van der Waals surface area contributed by atoms with Crippen LogP contribution in [0.2, 0.25) is 0 Å². The molecule has 0 aliphatic carbocycles. The number of halogens is 3. The molecule has 0 rings (SSSR count). The van der Waals surface area contributed by atoms with Crippen molar-refractivity contribution in [3.8, 4) is 0 Å². The summed E-state index contributed by atoms with van der Waals surface area (Å²) in [6, 6.07) is -2.61. The normalized spacial score (nSPS) is 11.0. The maximum absolute atomic E-state index is 11.8. The van der Waals surface area contributed by atoms with E-state index in [4.69, 9.17) is 0 Å². The van der Waals surface area contributed by atoms with Gasteiger partial charge in [-0.3, -0.25) is 4.79 Å². The monoisotopic (exact) mass is 138 g/mol. The Hall–Kier alpha value is -0.800. The van der Waals surface area contributed by atoms with E-state index in [1.165, 1.54) is 0 Å². The maximum atomic E-state index is 11.8. The molecule has 0 atom stereocenters. The van der Waals surface area contributed by atoms with Crippen LogP contribution in [0, 0.1) is 0 Å². The van der Waals surface area contributed by atoms with Gasteiger partial charge in [0.1, 0.15) is 0 Å². The van der Waals surface area contributed by atoms with Crippen LogP contribution in [-0.2, 0) is 4.79 Å². The predicted molar refractivity (Wildman–Crippen MR) is 25.9 cm³/mol. The molecule has 0 bridgehead atoms. The first-order valence-corrected chi connectivity index (χ1v) is 2.19. The molecular weight excluding hydrogens is 133 g/mol. The van der Waals surface area contributed by atoms with Gasteiger partial charge in [-0.25, -0.2) is 0 Å². The molecule has 0 saturated heterocycles. The van der Waals surface area contributed by atoms with E-state index in [0.717, 1.165) is 6.08 Å². The lowest BCUT2D eigenvalue weighted by Gasteiger charge is -2.04. The van der Waals surface area contributed by atoms with Gasteiger partial charge in [0.2, 0.25) is 0 Å².